The van der Waals surface area contributed by atoms with Crippen molar-refractivity contribution < 1.29 is 0 Å². The van der Waals surface area contributed by atoms with Crippen molar-refractivity contribution >= 4 is 275 Å². The maximum absolute atomic E-state index is 5.18. The molecule has 10 nitrogen and oxygen atoms in total. The Kier molecular flexibility index (Phi) is 13.8. The number of para-hydroxylation sites is 10. The van der Waals surface area contributed by atoms with Gasteiger partial charge in [-0.15, -0.1) is 34.0 Å². The van der Waals surface area contributed by atoms with Crippen LogP contribution in [0.5, 0.6) is 0 Å². The van der Waals surface area contributed by atoms with Crippen molar-refractivity contribution in [1.29, 1.82) is 0 Å². The predicted octanol–water partition coefficient (Wildman–Crippen LogP) is 30.7. The summed E-state index contributed by atoms with van der Waals surface area (Å²) in [4.78, 5) is 30.9. The van der Waals surface area contributed by atoms with Crippen LogP contribution in [0, 0.1) is 0 Å². The fourth-order valence-electron chi connectivity index (χ4n) is 21.1. The summed E-state index contributed by atoms with van der Waals surface area (Å²) in [6.07, 6.45) is 0. The smallest absolute Gasteiger partial charge is 0.165 e. The topological polar surface area (TPSA) is 95.5 Å². The van der Waals surface area contributed by atoms with Gasteiger partial charge in [0.25, 0.3) is 0 Å². The van der Waals surface area contributed by atoms with Crippen molar-refractivity contribution in [2.24, 2.45) is 0 Å². The average molecular weight is 1640 g/mol. The van der Waals surface area contributed by atoms with Gasteiger partial charge in [-0.3, -0.25) is 13.2 Å². The van der Waals surface area contributed by atoms with E-state index in [1.807, 2.05) is 76.5 Å². The maximum Gasteiger partial charge on any atom is 0.165 e. The summed E-state index contributed by atoms with van der Waals surface area (Å²) in [7, 11) is 0. The molecule has 13 aromatic heterocycles. The van der Waals surface area contributed by atoms with E-state index in [4.69, 9.17) is 29.9 Å². The van der Waals surface area contributed by atoms with Gasteiger partial charge >= 0.3 is 0 Å². The summed E-state index contributed by atoms with van der Waals surface area (Å²) >= 11 is 5.62. The molecule has 0 fully saturated rings. The molecule has 0 aliphatic rings. The van der Waals surface area contributed by atoms with Crippen molar-refractivity contribution in [1.82, 2.24) is 47.7 Å². The molecule has 576 valence electrons. The molecule has 18 aromatic carbocycles. The van der Waals surface area contributed by atoms with Gasteiger partial charge in [0.1, 0.15) is 16.6 Å². The Labute approximate surface area is 720 Å². The summed E-state index contributed by atoms with van der Waals surface area (Å²) < 4.78 is 17.2. The fourth-order valence-corrected chi connectivity index (χ4v) is 24.6. The Balaban J connectivity index is 0.0000000949. The van der Waals surface area contributed by atoms with Gasteiger partial charge in [-0.2, -0.15) is 0 Å². The van der Waals surface area contributed by atoms with Crippen LogP contribution >= 0.6 is 34.0 Å². The first-order chi connectivity index (χ1) is 62.0. The van der Waals surface area contributed by atoms with Gasteiger partial charge in [-0.25, -0.2) is 29.9 Å². The lowest BCUT2D eigenvalue weighted by molar-refractivity contribution is 1.18. The third-order valence-electron chi connectivity index (χ3n) is 26.4. The monoisotopic (exact) mass is 1640 g/mol. The number of hydrogen-bond acceptors (Lipinski definition) is 9. The molecule has 0 radical (unpaired) electrons. The molecule has 0 spiro atoms. The highest BCUT2D eigenvalue weighted by atomic mass is 32.1. The number of thiophene rings is 3. The van der Waals surface area contributed by atoms with Crippen LogP contribution in [0.2, 0.25) is 0 Å². The zero-order valence-corrected chi connectivity index (χ0v) is 68.8. The number of rotatable bonds is 4. The first-order valence-corrected chi connectivity index (χ1v) is 44.7. The second-order valence-electron chi connectivity index (χ2n) is 33.0. The third-order valence-corrected chi connectivity index (χ3v) is 29.8. The predicted molar refractivity (Wildman–Crippen MR) is 529 cm³/mol. The SMILES string of the molecule is c1ccc(-c2ccc3c(c2)c2c4c(cc5c6nc7ccccc7nc6n3c52)sc2ccccc24)cc1.c1ccc(-n2c3ccccc3c3cc(-c4ccc5sc6cc7c8nc9ccccc9nc8n8c9ccccc9c(c6c5c4)c78)ccc32)cc1.c1ccc2cc(-c3cccc4c3sc3cc5c6nc7ccccc7nc6n6c7ccccc7c(c34)c56)ccc2c1. The van der Waals surface area contributed by atoms with Crippen molar-refractivity contribution in [3.63, 3.8) is 0 Å². The molecule has 0 atom stereocenters. The van der Waals surface area contributed by atoms with Gasteiger partial charge in [0.2, 0.25) is 0 Å². The van der Waals surface area contributed by atoms with Crippen LogP contribution in [0.1, 0.15) is 0 Å². The van der Waals surface area contributed by atoms with Crippen molar-refractivity contribution in [2.75, 3.05) is 0 Å². The number of aromatic nitrogens is 10. The molecule has 13 heteroatoms. The zero-order chi connectivity index (χ0) is 81.1. The summed E-state index contributed by atoms with van der Waals surface area (Å²) in [6.45, 7) is 0. The number of fused-ring (bicyclic) bond motifs is 37. The maximum atomic E-state index is 5.18. The first kappa shape index (κ1) is 67.8. The van der Waals surface area contributed by atoms with Crippen LogP contribution in [-0.2, 0) is 0 Å². The van der Waals surface area contributed by atoms with Crippen LogP contribution in [0.15, 0.2) is 364 Å². The highest BCUT2D eigenvalue weighted by Crippen LogP contribution is 2.53. The van der Waals surface area contributed by atoms with E-state index in [9.17, 15) is 0 Å². The summed E-state index contributed by atoms with van der Waals surface area (Å²) in [6, 6.07) is 131. The standard InChI is InChI=1S/C44H24N4S.C36H19N3S.C32H17N3S/c1-2-10-27(11-3-1)47-35-16-8-4-12-28(35)30-22-25(18-20-37(30)47)26-19-21-38-31(23-26)40-39(49-38)24-32-42-44(46-34-15-7-6-14-33(34)45-42)48-36-17-9-5-13-29(36)41(40)43(32)48;1-2-9-21-18-22(17-16-20(21)8-1)23-11-7-12-25-31-30(40-35(23)25)19-26-33-36(38-28-14-5-4-13-27(28)37-33)39-29-15-6-3-10-24(29)32(31)34(26)39;1-2-8-18(9-3-1)19-14-15-25-21(16-19)29-28-20-10-4-7-13-26(20)36-27(28)17-22-30-32(35(25)31(22)29)34-24-12-6-5-11-23(24)33-30/h1-24H;1-19H;1-17H. The summed E-state index contributed by atoms with van der Waals surface area (Å²) in [5.74, 6) is 0. The van der Waals surface area contributed by atoms with E-state index >= 15 is 0 Å². The van der Waals surface area contributed by atoms with Crippen LogP contribution in [0.25, 0.3) is 280 Å². The second-order valence-corrected chi connectivity index (χ2v) is 36.3. The van der Waals surface area contributed by atoms with Crippen LogP contribution in [0.4, 0.5) is 0 Å². The molecule has 0 N–H and O–H groups in total. The normalized spacial score (nSPS) is 12.5. The van der Waals surface area contributed by atoms with Crippen LogP contribution < -0.4 is 0 Å². The van der Waals surface area contributed by atoms with E-state index in [1.54, 1.807) is 0 Å². The molecule has 31 aromatic rings. The van der Waals surface area contributed by atoms with E-state index in [0.29, 0.717) is 0 Å². The third kappa shape index (κ3) is 9.49. The Morgan fingerprint density at radius 2 is 0.600 bits per heavy atom. The highest BCUT2D eigenvalue weighted by Gasteiger charge is 2.30. The van der Waals surface area contributed by atoms with E-state index in [0.717, 1.165) is 66.6 Å². The van der Waals surface area contributed by atoms with Gasteiger partial charge in [0.05, 0.1) is 77.2 Å². The number of nitrogens with zero attached hydrogens (tertiary/aromatic N) is 10. The minimum Gasteiger partial charge on any atom is -0.309 e. The number of hydrogen-bond donors (Lipinski definition) is 0. The fraction of sp³-hybridized carbons (Fsp3) is 0. The Morgan fingerprint density at radius 1 is 0.200 bits per heavy atom. The zero-order valence-electron chi connectivity index (χ0n) is 66.3. The summed E-state index contributed by atoms with van der Waals surface area (Å²) in [5, 5.41) is 24.1. The Bertz CT molecular complexity index is 10100. The molecular formula is C112H60N10S3. The highest BCUT2D eigenvalue weighted by molar-refractivity contribution is 7.27. The minimum atomic E-state index is 0.917. The molecule has 125 heavy (non-hydrogen) atoms. The largest absolute Gasteiger partial charge is 0.309 e. The van der Waals surface area contributed by atoms with Gasteiger partial charge in [0, 0.05) is 125 Å². The molecule has 0 unspecified atom stereocenters. The Morgan fingerprint density at radius 3 is 1.20 bits per heavy atom. The van der Waals surface area contributed by atoms with Gasteiger partial charge in [0.15, 0.2) is 16.9 Å². The lowest BCUT2D eigenvalue weighted by Crippen LogP contribution is -1.92. The van der Waals surface area contributed by atoms with E-state index in [-0.39, 0.29) is 0 Å². The molecule has 0 saturated heterocycles. The first-order valence-electron chi connectivity index (χ1n) is 42.2. The van der Waals surface area contributed by atoms with Crippen LogP contribution in [-0.4, -0.2) is 47.7 Å². The minimum absolute atomic E-state index is 0.917. The van der Waals surface area contributed by atoms with Gasteiger partial charge in [-0.1, -0.05) is 231 Å². The van der Waals surface area contributed by atoms with Crippen LogP contribution in [0.3, 0.4) is 0 Å². The molecule has 0 amide bonds. The van der Waals surface area contributed by atoms with E-state index < -0.39 is 0 Å². The summed E-state index contributed by atoms with van der Waals surface area (Å²) in [5.41, 5.74) is 29.5. The molecule has 31 rings (SSSR count). The molecule has 0 saturated carbocycles. The molecule has 0 bridgehead atoms. The second kappa shape index (κ2) is 25.4. The number of benzene rings is 18. The van der Waals surface area contributed by atoms with E-state index in [2.05, 4.69) is 339 Å². The molecule has 0 aliphatic carbocycles. The molecule has 0 aliphatic heterocycles. The lowest BCUT2D eigenvalue weighted by atomic mass is 9.98. The van der Waals surface area contributed by atoms with Crippen molar-refractivity contribution in [2.45, 2.75) is 0 Å². The average Bonchev–Trinajstić information content (AvgIpc) is 1.53. The van der Waals surface area contributed by atoms with Gasteiger partial charge in [-0.05, 0) is 178 Å². The Hall–Kier alpha value is -15.9. The quantitative estimate of drug-likeness (QED) is 0.174. The lowest BCUT2D eigenvalue weighted by Gasteiger charge is -2.08. The van der Waals surface area contributed by atoms with Gasteiger partial charge < -0.3 is 4.57 Å². The van der Waals surface area contributed by atoms with Crippen molar-refractivity contribution in [3.8, 4) is 39.1 Å². The molecule has 13 heterocycles. The van der Waals surface area contributed by atoms with Crippen molar-refractivity contribution in [3.05, 3.63) is 364 Å². The molecular weight excluding hydrogens is 1580 g/mol. The van der Waals surface area contributed by atoms with E-state index in [1.165, 1.54) is 214 Å².